The Hall–Kier alpha value is -1.97. The first kappa shape index (κ1) is 13.5. The molecule has 0 atom stereocenters. The van der Waals surface area contributed by atoms with Crippen LogP contribution in [0.1, 0.15) is 18.1 Å². The minimum Gasteiger partial charge on any atom is -0.457 e. The second-order valence-corrected chi connectivity index (χ2v) is 3.98. The van der Waals surface area contributed by atoms with Gasteiger partial charge >= 0.3 is 6.18 Å². The van der Waals surface area contributed by atoms with Crippen LogP contribution < -0.4 is 4.74 Å². The van der Waals surface area contributed by atoms with Crippen molar-refractivity contribution in [3.05, 3.63) is 66.1 Å². The summed E-state index contributed by atoms with van der Waals surface area (Å²) in [5.41, 5.74) is 0.371. The van der Waals surface area contributed by atoms with Crippen LogP contribution in [0.3, 0.4) is 0 Å². The van der Waals surface area contributed by atoms with E-state index in [-0.39, 0.29) is 0 Å². The van der Waals surface area contributed by atoms with Crippen LogP contribution in [-0.2, 0) is 6.18 Å². The fraction of sp³-hybridized carbons (Fsp3) is 0.133. The van der Waals surface area contributed by atoms with Crippen LogP contribution in [0.4, 0.5) is 13.2 Å². The molecule has 0 N–H and O–H groups in total. The molecule has 0 spiro atoms. The Morgan fingerprint density at radius 1 is 0.842 bits per heavy atom. The number of alkyl halides is 3. The molecule has 2 aromatic carbocycles. The maximum absolute atomic E-state index is 12.4. The molecule has 0 aliphatic heterocycles. The average molecular weight is 265 g/mol. The van der Waals surface area contributed by atoms with Gasteiger partial charge in [0.05, 0.1) is 5.56 Å². The SMILES string of the molecule is C[CH]c1ccc(Oc2ccc(C(F)(F)F)cc2)cc1. The molecule has 0 fully saturated rings. The summed E-state index contributed by atoms with van der Waals surface area (Å²) in [5, 5.41) is 0. The highest BCUT2D eigenvalue weighted by Crippen LogP contribution is 2.31. The van der Waals surface area contributed by atoms with Gasteiger partial charge in [0, 0.05) is 0 Å². The van der Waals surface area contributed by atoms with Crippen LogP contribution in [-0.4, -0.2) is 0 Å². The predicted octanol–water partition coefficient (Wildman–Crippen LogP) is 5.07. The molecule has 99 valence electrons. The standard InChI is InChI=1S/C15H12F3O/c1-2-11-3-7-13(8-4-11)19-14-9-5-12(6-10-14)15(16,17)18/h2-10H,1H3. The molecular weight excluding hydrogens is 253 g/mol. The highest BCUT2D eigenvalue weighted by Gasteiger charge is 2.29. The lowest BCUT2D eigenvalue weighted by molar-refractivity contribution is -0.137. The van der Waals surface area contributed by atoms with Crippen molar-refractivity contribution in [2.75, 3.05) is 0 Å². The first-order chi connectivity index (χ1) is 8.99. The van der Waals surface area contributed by atoms with E-state index >= 15 is 0 Å². The maximum Gasteiger partial charge on any atom is 0.416 e. The van der Waals surface area contributed by atoms with E-state index in [0.29, 0.717) is 11.5 Å². The van der Waals surface area contributed by atoms with Crippen molar-refractivity contribution < 1.29 is 17.9 Å². The summed E-state index contributed by atoms with van der Waals surface area (Å²) >= 11 is 0. The first-order valence-corrected chi connectivity index (χ1v) is 5.73. The monoisotopic (exact) mass is 265 g/mol. The second kappa shape index (κ2) is 5.34. The lowest BCUT2D eigenvalue weighted by Crippen LogP contribution is -2.03. The van der Waals surface area contributed by atoms with E-state index in [2.05, 4.69) is 0 Å². The minimum atomic E-state index is -4.32. The Balaban J connectivity index is 2.10. The summed E-state index contributed by atoms with van der Waals surface area (Å²) in [7, 11) is 0. The molecule has 0 saturated heterocycles. The highest BCUT2D eigenvalue weighted by molar-refractivity contribution is 5.36. The van der Waals surface area contributed by atoms with E-state index < -0.39 is 11.7 Å². The summed E-state index contributed by atoms with van der Waals surface area (Å²) < 4.78 is 42.6. The molecule has 0 unspecified atom stereocenters. The molecule has 0 heterocycles. The molecule has 4 heteroatoms. The Labute approximate surface area is 109 Å². The van der Waals surface area contributed by atoms with Crippen LogP contribution in [0, 0.1) is 6.42 Å². The van der Waals surface area contributed by atoms with Gasteiger partial charge in [0.2, 0.25) is 0 Å². The number of benzene rings is 2. The van der Waals surface area contributed by atoms with Gasteiger partial charge in [-0.15, -0.1) is 0 Å². The fourth-order valence-corrected chi connectivity index (χ4v) is 1.58. The van der Waals surface area contributed by atoms with Gasteiger partial charge in [-0.05, 0) is 48.4 Å². The van der Waals surface area contributed by atoms with Crippen LogP contribution in [0.5, 0.6) is 11.5 Å². The van der Waals surface area contributed by atoms with Gasteiger partial charge in [-0.3, -0.25) is 0 Å². The molecular formula is C15H12F3O. The molecule has 1 radical (unpaired) electrons. The zero-order valence-corrected chi connectivity index (χ0v) is 10.2. The quantitative estimate of drug-likeness (QED) is 0.752. The van der Waals surface area contributed by atoms with E-state index in [0.717, 1.165) is 17.7 Å². The van der Waals surface area contributed by atoms with Crippen molar-refractivity contribution in [1.29, 1.82) is 0 Å². The number of halogens is 3. The van der Waals surface area contributed by atoms with Crippen molar-refractivity contribution in [1.82, 2.24) is 0 Å². The summed E-state index contributed by atoms with van der Waals surface area (Å²) in [5.74, 6) is 0.964. The van der Waals surface area contributed by atoms with Gasteiger partial charge in [-0.25, -0.2) is 0 Å². The molecule has 1 nitrogen and oxygen atoms in total. The van der Waals surface area contributed by atoms with Gasteiger partial charge in [0.1, 0.15) is 11.5 Å². The van der Waals surface area contributed by atoms with Crippen molar-refractivity contribution in [2.45, 2.75) is 13.1 Å². The third kappa shape index (κ3) is 3.50. The normalized spacial score (nSPS) is 11.4. The van der Waals surface area contributed by atoms with Crippen molar-refractivity contribution in [3.8, 4) is 11.5 Å². The van der Waals surface area contributed by atoms with Crippen LogP contribution >= 0.6 is 0 Å². The number of ether oxygens (including phenoxy) is 1. The third-order valence-corrected chi connectivity index (χ3v) is 2.63. The molecule has 0 aromatic heterocycles. The zero-order valence-electron chi connectivity index (χ0n) is 10.2. The summed E-state index contributed by atoms with van der Waals surface area (Å²) in [6, 6.07) is 11.9. The summed E-state index contributed by atoms with van der Waals surface area (Å²) in [6.45, 7) is 1.92. The van der Waals surface area contributed by atoms with Crippen molar-refractivity contribution in [2.24, 2.45) is 0 Å². The summed E-state index contributed by atoms with van der Waals surface area (Å²) in [6.07, 6.45) is -2.38. The van der Waals surface area contributed by atoms with E-state index in [9.17, 15) is 13.2 Å². The predicted molar refractivity (Wildman–Crippen MR) is 67.0 cm³/mol. The lowest BCUT2D eigenvalue weighted by atomic mass is 10.2. The first-order valence-electron chi connectivity index (χ1n) is 5.73. The van der Waals surface area contributed by atoms with Crippen LogP contribution in [0.15, 0.2) is 48.5 Å². The van der Waals surface area contributed by atoms with Gasteiger partial charge in [-0.1, -0.05) is 19.1 Å². The number of hydrogen-bond acceptors (Lipinski definition) is 1. The Morgan fingerprint density at radius 3 is 1.74 bits per heavy atom. The Bertz CT molecular complexity index is 527. The Kier molecular flexibility index (Phi) is 3.79. The molecule has 0 saturated carbocycles. The molecule has 19 heavy (non-hydrogen) atoms. The molecule has 0 aliphatic carbocycles. The molecule has 0 amide bonds. The average Bonchev–Trinajstić information content (AvgIpc) is 2.39. The molecule has 2 rings (SSSR count). The fourth-order valence-electron chi connectivity index (χ4n) is 1.58. The highest BCUT2D eigenvalue weighted by atomic mass is 19.4. The summed E-state index contributed by atoms with van der Waals surface area (Å²) in [4.78, 5) is 0. The minimum absolute atomic E-state index is 0.376. The topological polar surface area (TPSA) is 9.23 Å². The smallest absolute Gasteiger partial charge is 0.416 e. The van der Waals surface area contributed by atoms with E-state index in [1.165, 1.54) is 12.1 Å². The maximum atomic E-state index is 12.4. The van der Waals surface area contributed by atoms with E-state index in [4.69, 9.17) is 4.74 Å². The van der Waals surface area contributed by atoms with E-state index in [1.807, 2.05) is 25.5 Å². The van der Waals surface area contributed by atoms with Gasteiger partial charge < -0.3 is 4.74 Å². The van der Waals surface area contributed by atoms with Crippen molar-refractivity contribution >= 4 is 0 Å². The largest absolute Gasteiger partial charge is 0.457 e. The lowest BCUT2D eigenvalue weighted by Gasteiger charge is -2.09. The van der Waals surface area contributed by atoms with Crippen LogP contribution in [0.2, 0.25) is 0 Å². The van der Waals surface area contributed by atoms with Gasteiger partial charge in [0.15, 0.2) is 0 Å². The Morgan fingerprint density at radius 2 is 1.32 bits per heavy atom. The number of hydrogen-bond donors (Lipinski definition) is 0. The molecule has 0 bridgehead atoms. The number of rotatable bonds is 3. The second-order valence-electron chi connectivity index (χ2n) is 3.98. The van der Waals surface area contributed by atoms with Gasteiger partial charge in [0.25, 0.3) is 0 Å². The van der Waals surface area contributed by atoms with Crippen LogP contribution in [0.25, 0.3) is 0 Å². The van der Waals surface area contributed by atoms with E-state index in [1.54, 1.807) is 12.1 Å². The molecule has 0 aliphatic rings. The van der Waals surface area contributed by atoms with Gasteiger partial charge in [-0.2, -0.15) is 13.2 Å². The third-order valence-electron chi connectivity index (χ3n) is 2.63. The zero-order chi connectivity index (χ0) is 13.9. The van der Waals surface area contributed by atoms with Crippen molar-refractivity contribution in [3.63, 3.8) is 0 Å². The molecule has 2 aromatic rings.